The molecule has 4 heteroatoms. The minimum absolute atomic E-state index is 0.208. The van der Waals surface area contributed by atoms with Crippen LogP contribution in [0.15, 0.2) is 46.9 Å². The molecular formula is C15H16BrFN2. The molecule has 0 bridgehead atoms. The summed E-state index contributed by atoms with van der Waals surface area (Å²) in [7, 11) is 0. The van der Waals surface area contributed by atoms with Crippen LogP contribution in [0, 0.1) is 5.82 Å². The molecule has 0 amide bonds. The van der Waals surface area contributed by atoms with E-state index in [9.17, 15) is 4.39 Å². The molecule has 0 heterocycles. The zero-order valence-corrected chi connectivity index (χ0v) is 12.3. The number of benzene rings is 2. The van der Waals surface area contributed by atoms with E-state index in [0.717, 1.165) is 16.6 Å². The number of para-hydroxylation sites is 1. The summed E-state index contributed by atoms with van der Waals surface area (Å²) >= 11 is 3.38. The van der Waals surface area contributed by atoms with E-state index < -0.39 is 0 Å². The number of hydrogen-bond acceptors (Lipinski definition) is 2. The SMILES string of the molecule is CCN(Cc1ccc(Br)cc1N)c1ccccc1F. The van der Waals surface area contributed by atoms with Crippen LogP contribution >= 0.6 is 15.9 Å². The second kappa shape index (κ2) is 6.06. The summed E-state index contributed by atoms with van der Waals surface area (Å²) in [5.74, 6) is -0.208. The van der Waals surface area contributed by atoms with Crippen LogP contribution in [0.3, 0.4) is 0 Å². The zero-order chi connectivity index (χ0) is 13.8. The summed E-state index contributed by atoms with van der Waals surface area (Å²) in [6.07, 6.45) is 0. The molecule has 100 valence electrons. The molecule has 0 saturated heterocycles. The lowest BCUT2D eigenvalue weighted by Crippen LogP contribution is -2.23. The van der Waals surface area contributed by atoms with Gasteiger partial charge in [-0.15, -0.1) is 0 Å². The van der Waals surface area contributed by atoms with Gasteiger partial charge in [0.2, 0.25) is 0 Å². The summed E-state index contributed by atoms with van der Waals surface area (Å²) in [5.41, 5.74) is 8.30. The lowest BCUT2D eigenvalue weighted by atomic mass is 10.1. The summed E-state index contributed by atoms with van der Waals surface area (Å²) in [6, 6.07) is 12.6. The molecular weight excluding hydrogens is 307 g/mol. The normalized spacial score (nSPS) is 10.5. The highest BCUT2D eigenvalue weighted by Crippen LogP contribution is 2.24. The molecule has 2 N–H and O–H groups in total. The minimum Gasteiger partial charge on any atom is -0.398 e. The number of halogens is 2. The van der Waals surface area contributed by atoms with Crippen molar-refractivity contribution in [3.63, 3.8) is 0 Å². The number of anilines is 2. The van der Waals surface area contributed by atoms with E-state index in [4.69, 9.17) is 5.73 Å². The molecule has 0 atom stereocenters. The van der Waals surface area contributed by atoms with Crippen molar-refractivity contribution in [2.75, 3.05) is 17.2 Å². The number of hydrogen-bond donors (Lipinski definition) is 1. The standard InChI is InChI=1S/C15H16BrFN2/c1-2-19(15-6-4-3-5-13(15)17)10-11-7-8-12(16)9-14(11)18/h3-9H,2,10,18H2,1H3. The molecule has 0 radical (unpaired) electrons. The fourth-order valence-electron chi connectivity index (χ4n) is 1.99. The second-order valence-electron chi connectivity index (χ2n) is 4.31. The Bertz CT molecular complexity index is 572. The third-order valence-corrected chi connectivity index (χ3v) is 3.54. The van der Waals surface area contributed by atoms with Crippen LogP contribution in [0.5, 0.6) is 0 Å². The van der Waals surface area contributed by atoms with Crippen LogP contribution in [0.25, 0.3) is 0 Å². The van der Waals surface area contributed by atoms with E-state index in [1.54, 1.807) is 12.1 Å². The largest absolute Gasteiger partial charge is 0.398 e. The molecule has 19 heavy (non-hydrogen) atoms. The van der Waals surface area contributed by atoms with Gasteiger partial charge in [-0.3, -0.25) is 0 Å². The van der Waals surface area contributed by atoms with E-state index in [2.05, 4.69) is 15.9 Å². The average molecular weight is 323 g/mol. The van der Waals surface area contributed by atoms with Gasteiger partial charge in [0.1, 0.15) is 5.82 Å². The number of nitrogens with zero attached hydrogens (tertiary/aromatic N) is 1. The van der Waals surface area contributed by atoms with Crippen LogP contribution in [0.2, 0.25) is 0 Å². The van der Waals surface area contributed by atoms with E-state index in [-0.39, 0.29) is 5.82 Å². The maximum atomic E-state index is 13.8. The Morgan fingerprint density at radius 2 is 1.95 bits per heavy atom. The summed E-state index contributed by atoms with van der Waals surface area (Å²) in [4.78, 5) is 1.97. The first-order chi connectivity index (χ1) is 9.11. The van der Waals surface area contributed by atoms with Crippen molar-refractivity contribution in [2.24, 2.45) is 0 Å². The molecule has 0 aliphatic heterocycles. The fraction of sp³-hybridized carbons (Fsp3) is 0.200. The van der Waals surface area contributed by atoms with E-state index >= 15 is 0 Å². The Morgan fingerprint density at radius 3 is 2.58 bits per heavy atom. The molecule has 0 aliphatic rings. The summed E-state index contributed by atoms with van der Waals surface area (Å²) in [5, 5.41) is 0. The van der Waals surface area contributed by atoms with Gasteiger partial charge in [0.25, 0.3) is 0 Å². The third-order valence-electron chi connectivity index (χ3n) is 3.04. The highest BCUT2D eigenvalue weighted by molar-refractivity contribution is 9.10. The third kappa shape index (κ3) is 3.26. The lowest BCUT2D eigenvalue weighted by Gasteiger charge is -2.24. The molecule has 0 spiro atoms. The van der Waals surface area contributed by atoms with Gasteiger partial charge in [0.05, 0.1) is 5.69 Å². The van der Waals surface area contributed by atoms with Crippen LogP contribution in [-0.4, -0.2) is 6.54 Å². The number of nitrogens with two attached hydrogens (primary N) is 1. The van der Waals surface area contributed by atoms with E-state index in [0.29, 0.717) is 17.9 Å². The van der Waals surface area contributed by atoms with Gasteiger partial charge in [-0.25, -0.2) is 4.39 Å². The Kier molecular flexibility index (Phi) is 4.43. The molecule has 2 nitrogen and oxygen atoms in total. The van der Waals surface area contributed by atoms with Crippen LogP contribution in [0.1, 0.15) is 12.5 Å². The Morgan fingerprint density at radius 1 is 1.21 bits per heavy atom. The van der Waals surface area contributed by atoms with Crippen molar-refractivity contribution < 1.29 is 4.39 Å². The van der Waals surface area contributed by atoms with Crippen LogP contribution in [0.4, 0.5) is 15.8 Å². The zero-order valence-electron chi connectivity index (χ0n) is 10.7. The average Bonchev–Trinajstić information content (AvgIpc) is 2.39. The Balaban J connectivity index is 2.27. The van der Waals surface area contributed by atoms with Crippen LogP contribution in [-0.2, 0) is 6.54 Å². The van der Waals surface area contributed by atoms with Gasteiger partial charge in [-0.05, 0) is 36.8 Å². The van der Waals surface area contributed by atoms with Gasteiger partial charge < -0.3 is 10.6 Å². The van der Waals surface area contributed by atoms with Crippen molar-refractivity contribution in [1.82, 2.24) is 0 Å². The van der Waals surface area contributed by atoms with Gasteiger partial charge in [-0.2, -0.15) is 0 Å². The first-order valence-electron chi connectivity index (χ1n) is 6.15. The van der Waals surface area contributed by atoms with Gasteiger partial charge >= 0.3 is 0 Å². The fourth-order valence-corrected chi connectivity index (χ4v) is 2.37. The smallest absolute Gasteiger partial charge is 0.146 e. The Hall–Kier alpha value is -1.55. The second-order valence-corrected chi connectivity index (χ2v) is 5.22. The molecule has 2 rings (SSSR count). The highest BCUT2D eigenvalue weighted by Gasteiger charge is 2.11. The van der Waals surface area contributed by atoms with E-state index in [1.807, 2.05) is 36.1 Å². The molecule has 0 fully saturated rings. The first-order valence-corrected chi connectivity index (χ1v) is 6.94. The molecule has 0 saturated carbocycles. The molecule has 0 unspecified atom stereocenters. The van der Waals surface area contributed by atoms with Gasteiger partial charge in [0, 0.05) is 23.2 Å². The predicted molar refractivity (Wildman–Crippen MR) is 81.7 cm³/mol. The van der Waals surface area contributed by atoms with Crippen molar-refractivity contribution >= 4 is 27.3 Å². The highest BCUT2D eigenvalue weighted by atomic mass is 79.9. The van der Waals surface area contributed by atoms with Crippen molar-refractivity contribution in [2.45, 2.75) is 13.5 Å². The first kappa shape index (κ1) is 13.9. The number of rotatable bonds is 4. The van der Waals surface area contributed by atoms with Gasteiger partial charge in [0.15, 0.2) is 0 Å². The van der Waals surface area contributed by atoms with Crippen LogP contribution < -0.4 is 10.6 Å². The molecule has 2 aromatic rings. The quantitative estimate of drug-likeness (QED) is 0.855. The van der Waals surface area contributed by atoms with Crippen molar-refractivity contribution in [1.29, 1.82) is 0 Å². The maximum Gasteiger partial charge on any atom is 0.146 e. The summed E-state index contributed by atoms with van der Waals surface area (Å²) in [6.45, 7) is 3.31. The molecule has 0 aromatic heterocycles. The Labute approximate surface area is 121 Å². The summed E-state index contributed by atoms with van der Waals surface area (Å²) < 4.78 is 14.8. The van der Waals surface area contributed by atoms with E-state index in [1.165, 1.54) is 6.07 Å². The van der Waals surface area contributed by atoms with Gasteiger partial charge in [-0.1, -0.05) is 34.1 Å². The van der Waals surface area contributed by atoms with Crippen molar-refractivity contribution in [3.8, 4) is 0 Å². The monoisotopic (exact) mass is 322 g/mol. The topological polar surface area (TPSA) is 29.3 Å². The predicted octanol–water partition coefficient (Wildman–Crippen LogP) is 4.20. The maximum absolute atomic E-state index is 13.8. The lowest BCUT2D eigenvalue weighted by molar-refractivity contribution is 0.618. The molecule has 2 aromatic carbocycles. The minimum atomic E-state index is -0.208. The van der Waals surface area contributed by atoms with Crippen molar-refractivity contribution in [3.05, 3.63) is 58.3 Å². The number of nitrogen functional groups attached to an aromatic ring is 1. The molecule has 0 aliphatic carbocycles.